The number of carbonyl (C=O) groups is 1. The van der Waals surface area contributed by atoms with Gasteiger partial charge < -0.3 is 9.80 Å². The summed E-state index contributed by atoms with van der Waals surface area (Å²) in [5.74, 6) is 0.627. The van der Waals surface area contributed by atoms with Crippen molar-refractivity contribution in [2.24, 2.45) is 0 Å². The van der Waals surface area contributed by atoms with Crippen LogP contribution in [0.2, 0.25) is 0 Å². The minimum atomic E-state index is -0.290. The van der Waals surface area contributed by atoms with Crippen molar-refractivity contribution in [2.75, 3.05) is 29.4 Å². The molecule has 8 heteroatoms. The summed E-state index contributed by atoms with van der Waals surface area (Å²) in [5.41, 5.74) is 1.60. The van der Waals surface area contributed by atoms with E-state index in [2.05, 4.69) is 20.0 Å². The number of anilines is 2. The normalized spacial score (nSPS) is 20.2. The molecule has 0 saturated carbocycles. The van der Waals surface area contributed by atoms with E-state index in [9.17, 15) is 9.18 Å². The fourth-order valence-corrected chi connectivity index (χ4v) is 4.01. The molecular weight excluding hydrogens is 347 g/mol. The zero-order valence-electron chi connectivity index (χ0n) is 14.8. The second-order valence-corrected chi connectivity index (χ2v) is 7.07. The molecule has 1 aromatic carbocycles. The van der Waals surface area contributed by atoms with Crippen LogP contribution in [-0.4, -0.2) is 45.3 Å². The van der Waals surface area contributed by atoms with Gasteiger partial charge in [-0.05, 0) is 31.0 Å². The lowest BCUT2D eigenvalue weighted by Crippen LogP contribution is -2.23. The van der Waals surface area contributed by atoms with E-state index in [0.717, 1.165) is 54.9 Å². The van der Waals surface area contributed by atoms with Crippen LogP contribution in [0.4, 0.5) is 15.9 Å². The first kappa shape index (κ1) is 16.2. The third-order valence-electron chi connectivity index (χ3n) is 5.39. The van der Waals surface area contributed by atoms with Crippen LogP contribution >= 0.6 is 0 Å². The molecule has 0 spiro atoms. The van der Waals surface area contributed by atoms with Crippen LogP contribution in [0.15, 0.2) is 36.9 Å². The van der Waals surface area contributed by atoms with Gasteiger partial charge in [0.25, 0.3) is 0 Å². The Balaban J connectivity index is 1.39. The van der Waals surface area contributed by atoms with Gasteiger partial charge in [0.05, 0.1) is 23.4 Å². The Bertz CT molecular complexity index is 1020. The lowest BCUT2D eigenvalue weighted by Gasteiger charge is -2.19. The summed E-state index contributed by atoms with van der Waals surface area (Å²) in [6.45, 7) is 2.31. The molecule has 2 fully saturated rings. The molecule has 1 amide bonds. The Kier molecular flexibility index (Phi) is 3.77. The molecule has 27 heavy (non-hydrogen) atoms. The molecule has 5 rings (SSSR count). The molecule has 7 nitrogen and oxygen atoms in total. The Hall–Kier alpha value is -3.03. The first-order chi connectivity index (χ1) is 13.2. The van der Waals surface area contributed by atoms with Crippen LogP contribution in [0, 0.1) is 5.82 Å². The van der Waals surface area contributed by atoms with Crippen LogP contribution in [0.5, 0.6) is 0 Å². The molecular formula is C19H19FN6O. The van der Waals surface area contributed by atoms with E-state index < -0.39 is 0 Å². The van der Waals surface area contributed by atoms with Crippen molar-refractivity contribution in [2.45, 2.75) is 25.3 Å². The molecule has 0 bridgehead atoms. The third-order valence-corrected chi connectivity index (χ3v) is 5.39. The minimum Gasteiger partial charge on any atom is -0.354 e. The van der Waals surface area contributed by atoms with Crippen molar-refractivity contribution in [1.82, 2.24) is 19.7 Å². The maximum atomic E-state index is 13.7. The number of nitrogens with zero attached hydrogens (tertiary/aromatic N) is 6. The molecule has 0 N–H and O–H groups in total. The number of fused-ring (bicyclic) bond motifs is 1. The largest absolute Gasteiger partial charge is 0.354 e. The first-order valence-electron chi connectivity index (χ1n) is 9.19. The Labute approximate surface area is 155 Å². The van der Waals surface area contributed by atoms with Crippen LogP contribution in [-0.2, 0) is 4.79 Å². The van der Waals surface area contributed by atoms with Gasteiger partial charge in [0.15, 0.2) is 0 Å². The number of hydrogen-bond acceptors (Lipinski definition) is 5. The first-order valence-corrected chi connectivity index (χ1v) is 9.19. The number of benzene rings is 1. The van der Waals surface area contributed by atoms with Crippen molar-refractivity contribution in [3.63, 3.8) is 0 Å². The zero-order valence-corrected chi connectivity index (χ0v) is 14.8. The molecule has 0 radical (unpaired) electrons. The monoisotopic (exact) mass is 366 g/mol. The highest BCUT2D eigenvalue weighted by Gasteiger charge is 2.28. The molecule has 1 atom stereocenters. The van der Waals surface area contributed by atoms with Crippen LogP contribution < -0.4 is 9.80 Å². The van der Waals surface area contributed by atoms with Gasteiger partial charge in [-0.15, -0.1) is 0 Å². The van der Waals surface area contributed by atoms with Gasteiger partial charge in [-0.2, -0.15) is 5.10 Å². The van der Waals surface area contributed by atoms with Crippen molar-refractivity contribution < 1.29 is 9.18 Å². The predicted octanol–water partition coefficient (Wildman–Crippen LogP) is 2.54. The van der Waals surface area contributed by atoms with Crippen LogP contribution in [0.25, 0.3) is 10.9 Å². The van der Waals surface area contributed by atoms with Crippen molar-refractivity contribution in [3.05, 3.63) is 42.7 Å². The summed E-state index contributed by atoms with van der Waals surface area (Å²) in [5, 5.41) is 5.21. The zero-order chi connectivity index (χ0) is 18.4. The molecule has 2 saturated heterocycles. The lowest BCUT2D eigenvalue weighted by atomic mass is 10.2. The van der Waals surface area contributed by atoms with Gasteiger partial charge >= 0.3 is 0 Å². The minimum absolute atomic E-state index is 0.164. The molecule has 0 aliphatic carbocycles. The summed E-state index contributed by atoms with van der Waals surface area (Å²) in [4.78, 5) is 24.5. The Morgan fingerprint density at radius 1 is 1.19 bits per heavy atom. The van der Waals surface area contributed by atoms with Gasteiger partial charge in [-0.3, -0.25) is 9.48 Å². The molecule has 2 aromatic heterocycles. The topological polar surface area (TPSA) is 67.2 Å². The highest BCUT2D eigenvalue weighted by molar-refractivity contribution is 5.95. The van der Waals surface area contributed by atoms with Gasteiger partial charge in [-0.25, -0.2) is 14.4 Å². The van der Waals surface area contributed by atoms with Gasteiger partial charge in [0.1, 0.15) is 18.0 Å². The average Bonchev–Trinajstić information content (AvgIpc) is 3.41. The van der Waals surface area contributed by atoms with Crippen LogP contribution in [0.3, 0.4) is 0 Å². The van der Waals surface area contributed by atoms with E-state index in [1.807, 2.05) is 10.9 Å². The number of halogens is 1. The number of aromatic nitrogens is 4. The van der Waals surface area contributed by atoms with Crippen molar-refractivity contribution in [3.8, 4) is 0 Å². The Morgan fingerprint density at radius 2 is 2.11 bits per heavy atom. The number of carbonyl (C=O) groups excluding carboxylic acids is 1. The van der Waals surface area contributed by atoms with Gasteiger partial charge in [-0.1, -0.05) is 0 Å². The standard InChI is InChI=1S/C19H19FN6O/c20-13-3-4-17-16(8-13)19(22-12-21-17)24-7-5-14(10-24)26-11-15(9-23-26)25-6-1-2-18(25)27/h3-4,8-9,11-12,14H,1-2,5-7,10H2. The fraction of sp³-hybridized carbons (Fsp3) is 0.368. The molecule has 1 unspecified atom stereocenters. The summed E-state index contributed by atoms with van der Waals surface area (Å²) in [6, 6.07) is 4.77. The molecule has 2 aliphatic heterocycles. The lowest BCUT2D eigenvalue weighted by molar-refractivity contribution is -0.117. The quantitative estimate of drug-likeness (QED) is 0.713. The molecule has 4 heterocycles. The second-order valence-electron chi connectivity index (χ2n) is 7.07. The molecule has 138 valence electrons. The van der Waals surface area contributed by atoms with E-state index >= 15 is 0 Å². The summed E-state index contributed by atoms with van der Waals surface area (Å²) in [7, 11) is 0. The predicted molar refractivity (Wildman–Crippen MR) is 99.2 cm³/mol. The highest BCUT2D eigenvalue weighted by atomic mass is 19.1. The summed E-state index contributed by atoms with van der Waals surface area (Å²) >= 11 is 0. The van der Waals surface area contributed by atoms with E-state index in [-0.39, 0.29) is 17.8 Å². The number of amides is 1. The highest BCUT2D eigenvalue weighted by Crippen LogP contribution is 2.31. The van der Waals surface area contributed by atoms with E-state index in [1.165, 1.54) is 18.5 Å². The summed E-state index contributed by atoms with van der Waals surface area (Å²) < 4.78 is 15.6. The molecule has 2 aliphatic rings. The van der Waals surface area contributed by atoms with Crippen LogP contribution in [0.1, 0.15) is 25.3 Å². The number of rotatable bonds is 3. The smallest absolute Gasteiger partial charge is 0.227 e. The van der Waals surface area contributed by atoms with E-state index in [4.69, 9.17) is 0 Å². The Morgan fingerprint density at radius 3 is 2.96 bits per heavy atom. The van der Waals surface area contributed by atoms with Gasteiger partial charge in [0, 0.05) is 37.6 Å². The maximum Gasteiger partial charge on any atom is 0.227 e. The van der Waals surface area contributed by atoms with E-state index in [0.29, 0.717) is 6.42 Å². The average molecular weight is 366 g/mol. The third kappa shape index (κ3) is 2.81. The van der Waals surface area contributed by atoms with Crippen molar-refractivity contribution >= 4 is 28.3 Å². The van der Waals surface area contributed by atoms with E-state index in [1.54, 1.807) is 17.2 Å². The number of hydrogen-bond donors (Lipinski definition) is 0. The van der Waals surface area contributed by atoms with Crippen molar-refractivity contribution in [1.29, 1.82) is 0 Å². The molecule has 3 aromatic rings. The fourth-order valence-electron chi connectivity index (χ4n) is 4.01. The SMILES string of the molecule is O=C1CCCN1c1cnn(C2CCN(c3ncnc4ccc(F)cc34)C2)c1. The maximum absolute atomic E-state index is 13.7. The summed E-state index contributed by atoms with van der Waals surface area (Å²) in [6.07, 6.45) is 7.67. The second kappa shape index (κ2) is 6.29. The van der Waals surface area contributed by atoms with Gasteiger partial charge in [0.2, 0.25) is 5.91 Å².